The molecule has 36 heavy (non-hydrogen) atoms. The standard InChI is InChI=1S/2C6H18AsSi2.4C4H9.2Ga/c2*1-8(2,3)7-9(4,5)6;4*1-4(2)3;;/h2*1-6H3;4*1-3H3;;/q;;;;;;2*-1. The van der Waals surface area contributed by atoms with Crippen LogP contribution in [0.25, 0.3) is 0 Å². The van der Waals surface area contributed by atoms with Crippen LogP contribution in [0, 0.1) is 0 Å². The monoisotopic (exact) mass is 808 g/mol. The van der Waals surface area contributed by atoms with Crippen LogP contribution in [-0.4, -0.2) is 89.8 Å². The molecule has 0 N–H and O–H groups in total. The fourth-order valence-electron chi connectivity index (χ4n) is 4.61. The second-order valence-corrected chi connectivity index (χ2v) is 95.8. The molecular weight excluding hydrogens is 738 g/mol. The molecule has 0 spiro atoms. The van der Waals surface area contributed by atoms with Gasteiger partial charge in [-0.25, -0.2) is 0 Å². The molecule has 0 bridgehead atoms. The van der Waals surface area contributed by atoms with Crippen molar-refractivity contribution < 1.29 is 0 Å². The quantitative estimate of drug-likeness (QED) is 0.248. The zero-order valence-electron chi connectivity index (χ0n) is 30.0. The molecule has 0 saturated carbocycles. The maximum absolute atomic E-state index is 2.51. The van der Waals surface area contributed by atoms with Gasteiger partial charge in [-0.15, -0.1) is 0 Å². The van der Waals surface area contributed by atoms with E-state index in [0.29, 0.717) is 15.9 Å². The molecule has 0 fully saturated rings. The third-order valence-corrected chi connectivity index (χ3v) is 71.7. The van der Waals surface area contributed by atoms with Crippen molar-refractivity contribution in [2.75, 3.05) is 0 Å². The summed E-state index contributed by atoms with van der Waals surface area (Å²) >= 11 is 1.39. The normalized spacial score (nSPS) is 14.0. The zero-order chi connectivity index (χ0) is 30.8. The van der Waals surface area contributed by atoms with Gasteiger partial charge in [-0.3, -0.25) is 0 Å². The molecule has 0 aliphatic carbocycles. The van der Waals surface area contributed by atoms with E-state index < -0.39 is 26.2 Å². The number of hydrogen-bond donors (Lipinski definition) is 0. The summed E-state index contributed by atoms with van der Waals surface area (Å²) < 4.78 is 2.56. The molecule has 0 nitrogen and oxygen atoms in total. The van der Waals surface area contributed by atoms with E-state index in [1.54, 1.807) is 0 Å². The van der Waals surface area contributed by atoms with Crippen LogP contribution in [0.15, 0.2) is 0 Å². The van der Waals surface area contributed by atoms with Gasteiger partial charge in [-0.1, -0.05) is 0 Å². The van der Waals surface area contributed by atoms with Gasteiger partial charge in [0.05, 0.1) is 0 Å². The van der Waals surface area contributed by atoms with Crippen LogP contribution >= 0.6 is 0 Å². The SMILES string of the molecule is C[C](C)(C)[Ga-][C](C)(C)C.C[C](C)(C)[Ga-][C](C)(C)C.C[Si](C)(C)[As][Si](C)(C)C.C[Si](C)(C)[As][Si](C)(C)C. The summed E-state index contributed by atoms with van der Waals surface area (Å²) in [6, 6.07) is 0. The Bertz CT molecular complexity index is 404. The van der Waals surface area contributed by atoms with Crippen molar-refractivity contribution in [3.05, 3.63) is 0 Å². The van der Waals surface area contributed by atoms with Gasteiger partial charge < -0.3 is 0 Å². The van der Waals surface area contributed by atoms with Crippen molar-refractivity contribution >= 4 is 89.8 Å². The molecule has 0 saturated heterocycles. The van der Waals surface area contributed by atoms with Crippen molar-refractivity contribution in [3.8, 4) is 0 Å². The average Bonchev–Trinajstić information content (AvgIpc) is 2.19. The van der Waals surface area contributed by atoms with Crippen molar-refractivity contribution in [2.45, 2.75) is 178 Å². The summed E-state index contributed by atoms with van der Waals surface area (Å²) in [5.41, 5.74) is 0. The predicted molar refractivity (Wildman–Crippen MR) is 195 cm³/mol. The first kappa shape index (κ1) is 46.2. The van der Waals surface area contributed by atoms with E-state index in [9.17, 15) is 0 Å². The zero-order valence-corrected chi connectivity index (χ0v) is 42.6. The van der Waals surface area contributed by atoms with E-state index in [4.69, 9.17) is 0 Å². The van der Waals surface area contributed by atoms with Gasteiger partial charge in [0.15, 0.2) is 0 Å². The first-order valence-electron chi connectivity index (χ1n) is 14.0. The molecule has 0 rings (SSSR count). The van der Waals surface area contributed by atoms with Gasteiger partial charge in [-0.05, 0) is 0 Å². The van der Waals surface area contributed by atoms with Crippen molar-refractivity contribution in [3.63, 3.8) is 0 Å². The van der Waals surface area contributed by atoms with Crippen molar-refractivity contribution in [2.24, 2.45) is 0 Å². The molecule has 0 heterocycles. The van der Waals surface area contributed by atoms with Gasteiger partial charge in [0.25, 0.3) is 0 Å². The second kappa shape index (κ2) is 17.4. The molecule has 0 unspecified atom stereocenters. The van der Waals surface area contributed by atoms with Gasteiger partial charge in [0, 0.05) is 0 Å². The molecule has 0 aromatic carbocycles. The van der Waals surface area contributed by atoms with Crippen LogP contribution in [0.3, 0.4) is 0 Å². The van der Waals surface area contributed by atoms with Crippen LogP contribution in [0.5, 0.6) is 0 Å². The minimum atomic E-state index is -0.637. The fraction of sp³-hybridized carbons (Fsp3) is 1.00. The Morgan fingerprint density at radius 2 is 0.417 bits per heavy atom. The Morgan fingerprint density at radius 1 is 0.306 bits per heavy atom. The summed E-state index contributed by atoms with van der Waals surface area (Å²) in [7, 11) is 0. The number of hydrogen-bond acceptors (Lipinski definition) is 0. The summed E-state index contributed by atoms with van der Waals surface area (Å²) in [5, 5.41) is 0. The molecule has 0 aliphatic rings. The molecule has 6 radical (unpaired) electrons. The van der Waals surface area contributed by atoms with Gasteiger partial charge in [-0.2, -0.15) is 0 Å². The van der Waals surface area contributed by atoms with Crippen LogP contribution in [-0.2, 0) is 0 Å². The third kappa shape index (κ3) is 65.9. The van der Waals surface area contributed by atoms with E-state index >= 15 is 0 Å². The van der Waals surface area contributed by atoms with Gasteiger partial charge >= 0.3 is 267 Å². The molecule has 0 aromatic heterocycles. The first-order valence-corrected chi connectivity index (χ1v) is 43.9. The Hall–Kier alpha value is 3.26. The van der Waals surface area contributed by atoms with Crippen molar-refractivity contribution in [1.82, 2.24) is 0 Å². The maximum atomic E-state index is 2.51. The summed E-state index contributed by atoms with van der Waals surface area (Å²) in [4.78, 5) is 0. The van der Waals surface area contributed by atoms with Gasteiger partial charge in [0.2, 0.25) is 0 Å². The summed E-state index contributed by atoms with van der Waals surface area (Å²) in [5.74, 6) is 0. The first-order chi connectivity index (χ1) is 14.8. The molecule has 218 valence electrons. The van der Waals surface area contributed by atoms with Crippen LogP contribution in [0.4, 0.5) is 0 Å². The Morgan fingerprint density at radius 3 is 0.417 bits per heavy atom. The molecular formula is C28H72As2Ga2Si4-2. The van der Waals surface area contributed by atoms with E-state index in [1.807, 2.05) is 0 Å². The third-order valence-electron chi connectivity index (χ3n) is 3.07. The Balaban J connectivity index is -0.000000190. The van der Waals surface area contributed by atoms with Crippen LogP contribution < -0.4 is 0 Å². The molecule has 8 heteroatoms. The summed E-state index contributed by atoms with van der Waals surface area (Å²) in [6.45, 7) is 55.8. The van der Waals surface area contributed by atoms with E-state index in [0.717, 1.165) is 28.9 Å². The van der Waals surface area contributed by atoms with E-state index in [1.165, 1.54) is 0 Å². The molecule has 0 amide bonds. The second-order valence-electron chi connectivity index (χ2n) is 18.7. The van der Waals surface area contributed by atoms with E-state index in [2.05, 4.69) is 162 Å². The molecule has 0 aliphatic heterocycles. The Labute approximate surface area is 264 Å². The molecule has 0 aromatic rings. The Kier molecular flexibility index (Phi) is 22.3. The topological polar surface area (TPSA) is 0 Å². The van der Waals surface area contributed by atoms with Gasteiger partial charge in [0.1, 0.15) is 0 Å². The fourth-order valence-corrected chi connectivity index (χ4v) is 108. The predicted octanol–water partition coefficient (Wildman–Crippen LogP) is 11.0. The van der Waals surface area contributed by atoms with Crippen LogP contribution in [0.1, 0.15) is 83.1 Å². The summed E-state index contributed by atoms with van der Waals surface area (Å²) in [6.07, 6.45) is 0. The average molecular weight is 811 g/mol. The number of rotatable bonds is 4. The van der Waals surface area contributed by atoms with Crippen LogP contribution in [0.2, 0.25) is 94.4 Å². The molecule has 0 atom stereocenters. The minimum absolute atomic E-state index is 0.0625. The van der Waals surface area contributed by atoms with Crippen molar-refractivity contribution in [1.29, 1.82) is 0 Å². The van der Waals surface area contributed by atoms with E-state index in [-0.39, 0.29) is 34.8 Å².